The molecular formula is C13H20N2O2S. The smallest absolute Gasteiger partial charge is 0.241 e. The molecule has 1 fully saturated rings. The van der Waals surface area contributed by atoms with Gasteiger partial charge in [-0.05, 0) is 49.8 Å². The number of benzene rings is 1. The summed E-state index contributed by atoms with van der Waals surface area (Å²) in [6.45, 7) is 7.50. The Morgan fingerprint density at radius 2 is 1.83 bits per heavy atom. The molecule has 5 heteroatoms. The van der Waals surface area contributed by atoms with Crippen molar-refractivity contribution in [2.45, 2.75) is 45.1 Å². The number of aryl methyl sites for hydroxylation is 2. The predicted octanol–water partition coefficient (Wildman–Crippen LogP) is 1.88. The second-order valence-electron chi connectivity index (χ2n) is 5.32. The SMILES string of the molecule is Cc1cc(C)c(S(=O)(=O)NC2CC2C)c(C)c1N. The van der Waals surface area contributed by atoms with Gasteiger partial charge >= 0.3 is 0 Å². The molecule has 0 spiro atoms. The first-order chi connectivity index (χ1) is 8.24. The second kappa shape index (κ2) is 4.24. The lowest BCUT2D eigenvalue weighted by Gasteiger charge is -2.15. The van der Waals surface area contributed by atoms with Crippen LogP contribution in [-0.2, 0) is 10.0 Å². The van der Waals surface area contributed by atoms with E-state index in [-0.39, 0.29) is 6.04 Å². The molecule has 2 unspecified atom stereocenters. The lowest BCUT2D eigenvalue weighted by molar-refractivity contribution is 0.577. The van der Waals surface area contributed by atoms with Gasteiger partial charge in [-0.25, -0.2) is 13.1 Å². The number of nitrogens with one attached hydrogen (secondary N) is 1. The fourth-order valence-corrected chi connectivity index (χ4v) is 4.18. The number of sulfonamides is 1. The Balaban J connectivity index is 2.47. The largest absolute Gasteiger partial charge is 0.398 e. The number of nitrogen functional groups attached to an aromatic ring is 1. The number of rotatable bonds is 3. The minimum atomic E-state index is -3.46. The third-order valence-corrected chi connectivity index (χ3v) is 5.42. The molecule has 2 rings (SSSR count). The monoisotopic (exact) mass is 268 g/mol. The molecule has 1 aromatic rings. The molecule has 1 aliphatic carbocycles. The van der Waals surface area contributed by atoms with Gasteiger partial charge in [-0.1, -0.05) is 13.0 Å². The average Bonchev–Trinajstić information content (AvgIpc) is 2.89. The summed E-state index contributed by atoms with van der Waals surface area (Å²) in [5, 5.41) is 0. The lowest BCUT2D eigenvalue weighted by Crippen LogP contribution is -2.28. The minimum Gasteiger partial charge on any atom is -0.398 e. The third-order valence-electron chi connectivity index (χ3n) is 3.65. The van der Waals surface area contributed by atoms with Gasteiger partial charge in [-0.2, -0.15) is 0 Å². The lowest BCUT2D eigenvalue weighted by atomic mass is 10.1. The highest BCUT2D eigenvalue weighted by atomic mass is 32.2. The standard InChI is InChI=1S/C13H20N2O2S/c1-7-6-11(7)15-18(16,17)13-9(3)5-8(2)12(14)10(13)4/h5,7,11,15H,6,14H2,1-4H3. The van der Waals surface area contributed by atoms with Crippen molar-refractivity contribution in [2.75, 3.05) is 5.73 Å². The number of hydrogen-bond donors (Lipinski definition) is 2. The maximum atomic E-state index is 12.4. The molecule has 0 heterocycles. The number of nitrogens with two attached hydrogens (primary N) is 1. The molecule has 0 saturated heterocycles. The molecule has 0 radical (unpaired) electrons. The molecule has 2 atom stereocenters. The fraction of sp³-hybridized carbons (Fsp3) is 0.538. The van der Waals surface area contributed by atoms with E-state index in [1.807, 2.05) is 26.8 Å². The van der Waals surface area contributed by atoms with Crippen molar-refractivity contribution in [3.63, 3.8) is 0 Å². The van der Waals surface area contributed by atoms with Crippen LogP contribution < -0.4 is 10.5 Å². The van der Waals surface area contributed by atoms with Crippen LogP contribution in [0.3, 0.4) is 0 Å². The maximum Gasteiger partial charge on any atom is 0.241 e. The highest BCUT2D eigenvalue weighted by Gasteiger charge is 2.37. The van der Waals surface area contributed by atoms with Crippen molar-refractivity contribution in [3.8, 4) is 0 Å². The fourth-order valence-electron chi connectivity index (χ4n) is 2.34. The Labute approximate surface area is 109 Å². The quantitative estimate of drug-likeness (QED) is 0.822. The average molecular weight is 268 g/mol. The zero-order chi connectivity index (χ0) is 13.7. The van der Waals surface area contributed by atoms with E-state index in [1.54, 1.807) is 6.92 Å². The van der Waals surface area contributed by atoms with E-state index in [2.05, 4.69) is 4.72 Å². The highest BCUT2D eigenvalue weighted by Crippen LogP contribution is 2.33. The van der Waals surface area contributed by atoms with Gasteiger partial charge in [0.15, 0.2) is 0 Å². The van der Waals surface area contributed by atoms with E-state index < -0.39 is 10.0 Å². The van der Waals surface area contributed by atoms with Gasteiger partial charge in [-0.15, -0.1) is 0 Å². The normalized spacial score (nSPS) is 23.1. The topological polar surface area (TPSA) is 72.2 Å². The van der Waals surface area contributed by atoms with E-state index in [9.17, 15) is 8.42 Å². The van der Waals surface area contributed by atoms with Gasteiger partial charge in [0.25, 0.3) is 0 Å². The Hall–Kier alpha value is -1.07. The van der Waals surface area contributed by atoms with Gasteiger partial charge in [-0.3, -0.25) is 0 Å². The zero-order valence-electron chi connectivity index (χ0n) is 11.2. The van der Waals surface area contributed by atoms with Gasteiger partial charge in [0.1, 0.15) is 0 Å². The summed E-state index contributed by atoms with van der Waals surface area (Å²) >= 11 is 0. The summed E-state index contributed by atoms with van der Waals surface area (Å²) in [5.41, 5.74) is 8.81. The molecule has 18 heavy (non-hydrogen) atoms. The summed E-state index contributed by atoms with van der Waals surface area (Å²) in [6.07, 6.45) is 0.915. The van der Waals surface area contributed by atoms with E-state index in [4.69, 9.17) is 5.73 Å². The predicted molar refractivity (Wildman–Crippen MR) is 73.0 cm³/mol. The number of anilines is 1. The molecule has 0 bridgehead atoms. The van der Waals surface area contributed by atoms with Crippen LogP contribution in [0.25, 0.3) is 0 Å². The Kier molecular flexibility index (Phi) is 3.15. The van der Waals surface area contributed by atoms with Crippen molar-refractivity contribution >= 4 is 15.7 Å². The highest BCUT2D eigenvalue weighted by molar-refractivity contribution is 7.89. The molecule has 1 aromatic carbocycles. The molecule has 3 N–H and O–H groups in total. The molecule has 1 saturated carbocycles. The Bertz CT molecular complexity index is 593. The molecule has 4 nitrogen and oxygen atoms in total. The van der Waals surface area contributed by atoms with Crippen LogP contribution in [0.15, 0.2) is 11.0 Å². The molecule has 0 amide bonds. The summed E-state index contributed by atoms with van der Waals surface area (Å²) in [6, 6.07) is 1.91. The van der Waals surface area contributed by atoms with E-state index in [0.29, 0.717) is 22.1 Å². The van der Waals surface area contributed by atoms with Crippen LogP contribution in [0.2, 0.25) is 0 Å². The molecule has 100 valence electrons. The first-order valence-corrected chi connectivity index (χ1v) is 7.61. The van der Waals surface area contributed by atoms with Crippen LogP contribution >= 0.6 is 0 Å². The third kappa shape index (κ3) is 2.24. The maximum absolute atomic E-state index is 12.4. The van der Waals surface area contributed by atoms with Crippen LogP contribution in [0.5, 0.6) is 0 Å². The van der Waals surface area contributed by atoms with Crippen LogP contribution in [0.1, 0.15) is 30.0 Å². The van der Waals surface area contributed by atoms with Gasteiger partial charge in [0, 0.05) is 11.7 Å². The summed E-state index contributed by atoms with van der Waals surface area (Å²) in [7, 11) is -3.46. The first-order valence-electron chi connectivity index (χ1n) is 6.12. The second-order valence-corrected chi connectivity index (χ2v) is 6.97. The van der Waals surface area contributed by atoms with Gasteiger partial charge in [0.05, 0.1) is 4.90 Å². The number of hydrogen-bond acceptors (Lipinski definition) is 3. The van der Waals surface area contributed by atoms with Crippen molar-refractivity contribution in [1.29, 1.82) is 0 Å². The van der Waals surface area contributed by atoms with Crippen LogP contribution in [0, 0.1) is 26.7 Å². The van der Waals surface area contributed by atoms with Crippen LogP contribution in [0.4, 0.5) is 5.69 Å². The molecule has 0 aromatic heterocycles. The molecule has 0 aliphatic heterocycles. The zero-order valence-corrected chi connectivity index (χ0v) is 12.1. The van der Waals surface area contributed by atoms with Crippen molar-refractivity contribution in [2.24, 2.45) is 5.92 Å². The van der Waals surface area contributed by atoms with Crippen molar-refractivity contribution < 1.29 is 8.42 Å². The minimum absolute atomic E-state index is 0.0799. The molecular weight excluding hydrogens is 248 g/mol. The van der Waals surface area contributed by atoms with Crippen LogP contribution in [-0.4, -0.2) is 14.5 Å². The summed E-state index contributed by atoms with van der Waals surface area (Å²) in [5.74, 6) is 0.434. The van der Waals surface area contributed by atoms with E-state index >= 15 is 0 Å². The molecule has 1 aliphatic rings. The van der Waals surface area contributed by atoms with Gasteiger partial charge < -0.3 is 5.73 Å². The summed E-state index contributed by atoms with van der Waals surface area (Å²) < 4.78 is 27.5. The van der Waals surface area contributed by atoms with Crippen molar-refractivity contribution in [1.82, 2.24) is 4.72 Å². The Morgan fingerprint density at radius 1 is 1.28 bits per heavy atom. The summed E-state index contributed by atoms with van der Waals surface area (Å²) in [4.78, 5) is 0.338. The first kappa shape index (κ1) is 13.4. The van der Waals surface area contributed by atoms with E-state index in [1.165, 1.54) is 0 Å². The van der Waals surface area contributed by atoms with E-state index in [0.717, 1.165) is 17.5 Å². The van der Waals surface area contributed by atoms with Gasteiger partial charge in [0.2, 0.25) is 10.0 Å². The Morgan fingerprint density at radius 3 is 2.33 bits per heavy atom. The van der Waals surface area contributed by atoms with Crippen molar-refractivity contribution in [3.05, 3.63) is 22.8 Å².